The fourth-order valence-electron chi connectivity index (χ4n) is 0.842. The molecule has 0 atom stereocenters. The minimum absolute atomic E-state index is 0.647. The summed E-state index contributed by atoms with van der Waals surface area (Å²) in [6.45, 7) is 1.51. The van der Waals surface area contributed by atoms with E-state index in [1.54, 1.807) is 7.11 Å². The van der Waals surface area contributed by atoms with Crippen molar-refractivity contribution < 1.29 is 9.57 Å². The number of hydrogen-bond acceptors (Lipinski definition) is 3. The molecule has 3 nitrogen and oxygen atoms in total. The van der Waals surface area contributed by atoms with Crippen molar-refractivity contribution in [1.29, 1.82) is 0 Å². The van der Waals surface area contributed by atoms with Crippen LogP contribution >= 0.6 is 0 Å². The lowest BCUT2D eigenvalue weighted by Gasteiger charge is -2.11. The first kappa shape index (κ1) is 6.55. The van der Waals surface area contributed by atoms with Gasteiger partial charge in [-0.15, -0.1) is 0 Å². The predicted molar refractivity (Wildman–Crippen MR) is 34.5 cm³/mol. The van der Waals surface area contributed by atoms with Crippen LogP contribution in [0.15, 0.2) is 5.16 Å². The molecule has 1 aliphatic rings. The largest absolute Gasteiger partial charge is 0.399 e. The van der Waals surface area contributed by atoms with E-state index in [0.717, 1.165) is 25.2 Å². The SMILES string of the molecule is CO/N=C1\CCCOC1. The fraction of sp³-hybridized carbons (Fsp3) is 0.833. The van der Waals surface area contributed by atoms with E-state index >= 15 is 0 Å². The van der Waals surface area contributed by atoms with Crippen molar-refractivity contribution in [3.05, 3.63) is 0 Å². The van der Waals surface area contributed by atoms with Crippen molar-refractivity contribution in [2.24, 2.45) is 5.16 Å². The molecular weight excluding hydrogens is 118 g/mol. The van der Waals surface area contributed by atoms with E-state index in [1.807, 2.05) is 0 Å². The molecule has 0 aromatic heterocycles. The molecule has 1 rings (SSSR count). The molecule has 1 aliphatic heterocycles. The van der Waals surface area contributed by atoms with Crippen LogP contribution in [0.25, 0.3) is 0 Å². The van der Waals surface area contributed by atoms with Crippen LogP contribution in [-0.2, 0) is 9.57 Å². The molecule has 0 N–H and O–H groups in total. The van der Waals surface area contributed by atoms with E-state index in [-0.39, 0.29) is 0 Å². The second-order valence-electron chi connectivity index (χ2n) is 2.00. The lowest BCUT2D eigenvalue weighted by atomic mass is 10.2. The summed E-state index contributed by atoms with van der Waals surface area (Å²) in [5.41, 5.74) is 1.02. The Labute approximate surface area is 54.6 Å². The first-order chi connectivity index (χ1) is 4.43. The summed E-state index contributed by atoms with van der Waals surface area (Å²) >= 11 is 0. The van der Waals surface area contributed by atoms with E-state index in [4.69, 9.17) is 4.74 Å². The van der Waals surface area contributed by atoms with Crippen LogP contribution in [0, 0.1) is 0 Å². The molecule has 0 unspecified atom stereocenters. The van der Waals surface area contributed by atoms with Crippen molar-refractivity contribution in [3.63, 3.8) is 0 Å². The van der Waals surface area contributed by atoms with E-state index in [2.05, 4.69) is 9.99 Å². The van der Waals surface area contributed by atoms with Gasteiger partial charge in [-0.05, 0) is 12.8 Å². The zero-order valence-corrected chi connectivity index (χ0v) is 5.59. The van der Waals surface area contributed by atoms with E-state index in [0.29, 0.717) is 6.61 Å². The Balaban J connectivity index is 2.30. The normalized spacial score (nSPS) is 24.3. The molecule has 0 aromatic carbocycles. The van der Waals surface area contributed by atoms with Crippen molar-refractivity contribution in [1.82, 2.24) is 0 Å². The van der Waals surface area contributed by atoms with Crippen molar-refractivity contribution >= 4 is 5.71 Å². The lowest BCUT2D eigenvalue weighted by molar-refractivity contribution is 0.144. The average molecular weight is 129 g/mol. The molecule has 0 amide bonds. The van der Waals surface area contributed by atoms with Gasteiger partial charge in [-0.2, -0.15) is 0 Å². The Hall–Kier alpha value is -0.570. The molecule has 1 heterocycles. The molecular formula is C6H11NO2. The summed E-state index contributed by atoms with van der Waals surface area (Å²) < 4.78 is 5.12. The highest BCUT2D eigenvalue weighted by Crippen LogP contribution is 2.01. The van der Waals surface area contributed by atoms with Gasteiger partial charge in [0.2, 0.25) is 0 Å². The number of nitrogens with zero attached hydrogens (tertiary/aromatic N) is 1. The van der Waals surface area contributed by atoms with E-state index < -0.39 is 0 Å². The van der Waals surface area contributed by atoms with Gasteiger partial charge >= 0.3 is 0 Å². The highest BCUT2D eigenvalue weighted by Gasteiger charge is 2.06. The topological polar surface area (TPSA) is 30.8 Å². The zero-order chi connectivity index (χ0) is 6.53. The van der Waals surface area contributed by atoms with Crippen LogP contribution in [0.1, 0.15) is 12.8 Å². The Kier molecular flexibility index (Phi) is 2.51. The maximum atomic E-state index is 5.12. The average Bonchev–Trinajstić information content (AvgIpc) is 1.91. The smallest absolute Gasteiger partial charge is 0.106 e. The maximum absolute atomic E-state index is 5.12. The van der Waals surface area contributed by atoms with Crippen molar-refractivity contribution in [3.8, 4) is 0 Å². The highest BCUT2D eigenvalue weighted by atomic mass is 16.6. The van der Waals surface area contributed by atoms with Crippen LogP contribution in [0.2, 0.25) is 0 Å². The van der Waals surface area contributed by atoms with Gasteiger partial charge in [0.1, 0.15) is 7.11 Å². The Morgan fingerprint density at radius 2 is 2.56 bits per heavy atom. The van der Waals surface area contributed by atoms with Crippen LogP contribution in [-0.4, -0.2) is 26.0 Å². The monoisotopic (exact) mass is 129 g/mol. The summed E-state index contributed by atoms with van der Waals surface area (Å²) in [6.07, 6.45) is 2.09. The van der Waals surface area contributed by atoms with Gasteiger partial charge in [0, 0.05) is 6.61 Å². The molecule has 0 saturated carbocycles. The van der Waals surface area contributed by atoms with Crippen LogP contribution in [0.5, 0.6) is 0 Å². The van der Waals surface area contributed by atoms with Crippen LogP contribution < -0.4 is 0 Å². The van der Waals surface area contributed by atoms with Gasteiger partial charge in [-0.25, -0.2) is 0 Å². The zero-order valence-electron chi connectivity index (χ0n) is 5.59. The first-order valence-corrected chi connectivity index (χ1v) is 3.10. The number of ether oxygens (including phenoxy) is 1. The first-order valence-electron chi connectivity index (χ1n) is 3.10. The van der Waals surface area contributed by atoms with E-state index in [1.165, 1.54) is 0 Å². The van der Waals surface area contributed by atoms with Crippen LogP contribution in [0.4, 0.5) is 0 Å². The van der Waals surface area contributed by atoms with Gasteiger partial charge in [-0.1, -0.05) is 5.16 Å². The third-order valence-electron chi connectivity index (χ3n) is 1.24. The lowest BCUT2D eigenvalue weighted by Crippen LogP contribution is -2.16. The van der Waals surface area contributed by atoms with Crippen molar-refractivity contribution in [2.75, 3.05) is 20.3 Å². The van der Waals surface area contributed by atoms with Crippen LogP contribution in [0.3, 0.4) is 0 Å². The number of rotatable bonds is 1. The molecule has 9 heavy (non-hydrogen) atoms. The number of oxime groups is 1. The molecule has 0 radical (unpaired) electrons. The molecule has 0 spiro atoms. The van der Waals surface area contributed by atoms with Crippen molar-refractivity contribution in [2.45, 2.75) is 12.8 Å². The molecule has 0 aliphatic carbocycles. The molecule has 0 bridgehead atoms. The summed E-state index contributed by atoms with van der Waals surface area (Å²) in [5.74, 6) is 0. The van der Waals surface area contributed by atoms with Gasteiger partial charge in [0.25, 0.3) is 0 Å². The van der Waals surface area contributed by atoms with Gasteiger partial charge < -0.3 is 9.57 Å². The quantitative estimate of drug-likeness (QED) is 0.490. The van der Waals surface area contributed by atoms with Gasteiger partial charge in [-0.3, -0.25) is 0 Å². The predicted octanol–water partition coefficient (Wildman–Crippen LogP) is 0.799. The van der Waals surface area contributed by atoms with E-state index in [9.17, 15) is 0 Å². The minimum Gasteiger partial charge on any atom is -0.399 e. The number of hydrogen-bond donors (Lipinski definition) is 0. The third-order valence-corrected chi connectivity index (χ3v) is 1.24. The second kappa shape index (κ2) is 3.45. The summed E-state index contributed by atoms with van der Waals surface area (Å²) in [4.78, 5) is 4.59. The molecule has 52 valence electrons. The Morgan fingerprint density at radius 3 is 3.11 bits per heavy atom. The summed E-state index contributed by atoms with van der Waals surface area (Å²) in [7, 11) is 1.56. The maximum Gasteiger partial charge on any atom is 0.106 e. The summed E-state index contributed by atoms with van der Waals surface area (Å²) in [6, 6.07) is 0. The third kappa shape index (κ3) is 2.01. The second-order valence-corrected chi connectivity index (χ2v) is 2.00. The van der Waals surface area contributed by atoms with Gasteiger partial charge in [0.05, 0.1) is 12.3 Å². The minimum atomic E-state index is 0.647. The standard InChI is InChI=1S/C6H11NO2/c1-8-7-6-3-2-4-9-5-6/h2-5H2,1H3/b7-6+. The highest BCUT2D eigenvalue weighted by molar-refractivity contribution is 5.85. The molecule has 3 heteroatoms. The summed E-state index contributed by atoms with van der Waals surface area (Å²) in [5, 5.41) is 3.78. The van der Waals surface area contributed by atoms with Gasteiger partial charge in [0.15, 0.2) is 0 Å². The molecule has 1 saturated heterocycles. The Bertz CT molecular complexity index is 104. The Morgan fingerprint density at radius 1 is 1.67 bits per heavy atom. The fourth-order valence-corrected chi connectivity index (χ4v) is 0.842. The molecule has 0 aromatic rings. The molecule has 1 fully saturated rings.